The predicted octanol–water partition coefficient (Wildman–Crippen LogP) is 1.59. The monoisotopic (exact) mass is 387 g/mol. The molecule has 28 heavy (non-hydrogen) atoms. The van der Waals surface area contributed by atoms with E-state index in [4.69, 9.17) is 9.15 Å². The van der Waals surface area contributed by atoms with Crippen molar-refractivity contribution in [3.63, 3.8) is 0 Å². The fraction of sp³-hybridized carbons (Fsp3) is 0.350. The zero-order valence-electron chi connectivity index (χ0n) is 16.2. The third kappa shape index (κ3) is 5.60. The average Bonchev–Trinajstić information content (AvgIpc) is 3.23. The van der Waals surface area contributed by atoms with Crippen molar-refractivity contribution >= 4 is 17.7 Å². The first kappa shape index (κ1) is 21.0. The van der Waals surface area contributed by atoms with Gasteiger partial charge in [0.1, 0.15) is 11.8 Å². The highest BCUT2D eigenvalue weighted by Crippen LogP contribution is 2.17. The lowest BCUT2D eigenvalue weighted by Gasteiger charge is -2.22. The first-order valence-corrected chi connectivity index (χ1v) is 8.97. The number of rotatable bonds is 9. The zero-order chi connectivity index (χ0) is 20.5. The lowest BCUT2D eigenvalue weighted by Crippen LogP contribution is -2.50. The number of furan rings is 1. The highest BCUT2D eigenvalue weighted by atomic mass is 16.5. The highest BCUT2D eigenvalue weighted by molar-refractivity contribution is 5.99. The lowest BCUT2D eigenvalue weighted by atomic mass is 10.0. The molecule has 0 aliphatic heterocycles. The summed E-state index contributed by atoms with van der Waals surface area (Å²) in [6.07, 6.45) is 1.41. The van der Waals surface area contributed by atoms with Crippen molar-refractivity contribution in [1.29, 1.82) is 0 Å². The van der Waals surface area contributed by atoms with Crippen LogP contribution in [0.2, 0.25) is 0 Å². The molecule has 0 aliphatic rings. The van der Waals surface area contributed by atoms with E-state index < -0.39 is 11.9 Å². The number of hydrogen-bond acceptors (Lipinski definition) is 5. The van der Waals surface area contributed by atoms with Gasteiger partial charge in [0, 0.05) is 13.1 Å². The summed E-state index contributed by atoms with van der Waals surface area (Å²) in [7, 11) is 1.48. The molecule has 2 aromatic rings. The molecule has 0 spiro atoms. The molecule has 0 aliphatic carbocycles. The Bertz CT molecular complexity index is 802. The number of ether oxygens (including phenoxy) is 1. The maximum absolute atomic E-state index is 12.6. The van der Waals surface area contributed by atoms with Crippen molar-refractivity contribution in [1.82, 2.24) is 16.0 Å². The Balaban J connectivity index is 1.87. The SMILES string of the molecule is COc1ccccc1C(=O)NC(C(=O)NCCNC(=O)c1ccco1)C(C)C. The molecule has 1 unspecified atom stereocenters. The van der Waals surface area contributed by atoms with E-state index in [-0.39, 0.29) is 36.6 Å². The third-order valence-electron chi connectivity index (χ3n) is 4.04. The van der Waals surface area contributed by atoms with Crippen LogP contribution in [0.1, 0.15) is 34.8 Å². The molecular formula is C20H25N3O5. The number of nitrogens with one attached hydrogen (secondary N) is 3. The van der Waals surface area contributed by atoms with E-state index in [9.17, 15) is 14.4 Å². The Morgan fingerprint density at radius 1 is 1.00 bits per heavy atom. The third-order valence-corrected chi connectivity index (χ3v) is 4.04. The quantitative estimate of drug-likeness (QED) is 0.566. The fourth-order valence-electron chi connectivity index (χ4n) is 2.55. The molecule has 0 bridgehead atoms. The Labute approximate surface area is 163 Å². The normalized spacial score (nSPS) is 11.6. The zero-order valence-corrected chi connectivity index (χ0v) is 16.2. The van der Waals surface area contributed by atoms with Gasteiger partial charge in [-0.25, -0.2) is 0 Å². The number of carbonyl (C=O) groups excluding carboxylic acids is 3. The molecule has 1 aromatic carbocycles. The van der Waals surface area contributed by atoms with Crippen molar-refractivity contribution in [3.8, 4) is 5.75 Å². The standard InChI is InChI=1S/C20H25N3O5/c1-13(2)17(23-18(24)14-7-4-5-8-15(14)27-3)20(26)22-11-10-21-19(25)16-9-6-12-28-16/h4-9,12-13,17H,10-11H2,1-3H3,(H,21,25)(H,22,26)(H,23,24). The summed E-state index contributed by atoms with van der Waals surface area (Å²) >= 11 is 0. The van der Waals surface area contributed by atoms with Crippen LogP contribution in [-0.2, 0) is 4.79 Å². The summed E-state index contributed by atoms with van der Waals surface area (Å²) in [5.41, 5.74) is 0.356. The molecule has 0 fully saturated rings. The van der Waals surface area contributed by atoms with Gasteiger partial charge in [-0.1, -0.05) is 26.0 Å². The average molecular weight is 387 g/mol. The molecule has 8 heteroatoms. The minimum atomic E-state index is -0.724. The van der Waals surface area contributed by atoms with Gasteiger partial charge in [-0.05, 0) is 30.2 Å². The maximum Gasteiger partial charge on any atom is 0.287 e. The summed E-state index contributed by atoms with van der Waals surface area (Å²) < 4.78 is 10.2. The van der Waals surface area contributed by atoms with E-state index in [1.807, 2.05) is 13.8 Å². The van der Waals surface area contributed by atoms with Gasteiger partial charge in [0.15, 0.2) is 5.76 Å². The largest absolute Gasteiger partial charge is 0.496 e. The fourth-order valence-corrected chi connectivity index (χ4v) is 2.55. The van der Waals surface area contributed by atoms with Crippen LogP contribution < -0.4 is 20.7 Å². The van der Waals surface area contributed by atoms with Crippen LogP contribution in [0.15, 0.2) is 47.1 Å². The first-order valence-electron chi connectivity index (χ1n) is 8.97. The number of hydrogen-bond donors (Lipinski definition) is 3. The van der Waals surface area contributed by atoms with Crippen LogP contribution in [0.25, 0.3) is 0 Å². The minimum Gasteiger partial charge on any atom is -0.496 e. The smallest absolute Gasteiger partial charge is 0.287 e. The van der Waals surface area contributed by atoms with Crippen molar-refractivity contribution < 1.29 is 23.5 Å². The molecule has 150 valence electrons. The Kier molecular flexibility index (Phi) is 7.62. The van der Waals surface area contributed by atoms with Crippen LogP contribution >= 0.6 is 0 Å². The van der Waals surface area contributed by atoms with E-state index in [0.29, 0.717) is 11.3 Å². The molecule has 0 saturated carbocycles. The molecule has 8 nitrogen and oxygen atoms in total. The molecule has 0 saturated heterocycles. The Hall–Kier alpha value is -3.29. The van der Waals surface area contributed by atoms with Crippen molar-refractivity contribution in [2.24, 2.45) is 5.92 Å². The van der Waals surface area contributed by atoms with Gasteiger partial charge in [0.2, 0.25) is 5.91 Å². The molecule has 1 aromatic heterocycles. The highest BCUT2D eigenvalue weighted by Gasteiger charge is 2.25. The van der Waals surface area contributed by atoms with E-state index in [1.165, 1.54) is 13.4 Å². The second-order valence-corrected chi connectivity index (χ2v) is 6.42. The Morgan fingerprint density at radius 2 is 1.71 bits per heavy atom. The van der Waals surface area contributed by atoms with Crippen LogP contribution in [0.4, 0.5) is 0 Å². The van der Waals surface area contributed by atoms with Crippen molar-refractivity contribution in [3.05, 3.63) is 54.0 Å². The Morgan fingerprint density at radius 3 is 2.36 bits per heavy atom. The molecule has 0 radical (unpaired) electrons. The number of amides is 3. The second-order valence-electron chi connectivity index (χ2n) is 6.42. The summed E-state index contributed by atoms with van der Waals surface area (Å²) in [6.45, 7) is 4.13. The van der Waals surface area contributed by atoms with Crippen LogP contribution in [0.3, 0.4) is 0 Å². The molecule has 2 rings (SSSR count). The van der Waals surface area contributed by atoms with Crippen LogP contribution in [0.5, 0.6) is 5.75 Å². The maximum atomic E-state index is 12.6. The number of benzene rings is 1. The lowest BCUT2D eigenvalue weighted by molar-refractivity contribution is -0.123. The summed E-state index contributed by atoms with van der Waals surface area (Å²) in [4.78, 5) is 36.8. The minimum absolute atomic E-state index is 0.128. The molecule has 1 heterocycles. The van der Waals surface area contributed by atoms with Crippen molar-refractivity contribution in [2.45, 2.75) is 19.9 Å². The van der Waals surface area contributed by atoms with E-state index in [0.717, 1.165) is 0 Å². The van der Waals surface area contributed by atoms with Gasteiger partial charge in [-0.3, -0.25) is 14.4 Å². The van der Waals surface area contributed by atoms with E-state index in [2.05, 4.69) is 16.0 Å². The van der Waals surface area contributed by atoms with Crippen LogP contribution in [0, 0.1) is 5.92 Å². The molecule has 3 amide bonds. The molecular weight excluding hydrogens is 362 g/mol. The van der Waals surface area contributed by atoms with Gasteiger partial charge in [-0.15, -0.1) is 0 Å². The molecule has 1 atom stereocenters. The van der Waals surface area contributed by atoms with Gasteiger partial charge in [-0.2, -0.15) is 0 Å². The predicted molar refractivity (Wildman–Crippen MR) is 103 cm³/mol. The summed E-state index contributed by atoms with van der Waals surface area (Å²) in [6, 6.07) is 9.25. The number of para-hydroxylation sites is 1. The summed E-state index contributed by atoms with van der Waals surface area (Å²) in [5.74, 6) is -0.567. The number of carbonyl (C=O) groups is 3. The summed E-state index contributed by atoms with van der Waals surface area (Å²) in [5, 5.41) is 8.10. The van der Waals surface area contributed by atoms with E-state index in [1.54, 1.807) is 36.4 Å². The topological polar surface area (TPSA) is 110 Å². The van der Waals surface area contributed by atoms with E-state index >= 15 is 0 Å². The second kappa shape index (κ2) is 10.1. The van der Waals surface area contributed by atoms with Gasteiger partial charge >= 0.3 is 0 Å². The van der Waals surface area contributed by atoms with Crippen LogP contribution in [-0.4, -0.2) is 44.0 Å². The first-order chi connectivity index (χ1) is 13.4. The number of methoxy groups -OCH3 is 1. The van der Waals surface area contributed by atoms with Crippen molar-refractivity contribution in [2.75, 3.05) is 20.2 Å². The van der Waals surface area contributed by atoms with Gasteiger partial charge < -0.3 is 25.1 Å². The van der Waals surface area contributed by atoms with Gasteiger partial charge in [0.05, 0.1) is 18.9 Å². The van der Waals surface area contributed by atoms with Gasteiger partial charge in [0.25, 0.3) is 11.8 Å². The molecule has 3 N–H and O–H groups in total.